The molecule has 0 unspecified atom stereocenters. The Morgan fingerprint density at radius 2 is 2.06 bits per heavy atom. The van der Waals surface area contributed by atoms with Crippen LogP contribution < -0.4 is 5.32 Å². The highest BCUT2D eigenvalue weighted by atomic mass is 14.9. The molecule has 1 saturated carbocycles. The van der Waals surface area contributed by atoms with Gasteiger partial charge in [0.05, 0.1) is 12.6 Å². The third kappa shape index (κ3) is 2.84. The normalized spacial score (nSPS) is 24.2. The summed E-state index contributed by atoms with van der Waals surface area (Å²) >= 11 is 0. The Kier molecular flexibility index (Phi) is 3.96. The lowest BCUT2D eigenvalue weighted by atomic mass is 9.95. The lowest BCUT2D eigenvalue weighted by Crippen LogP contribution is -2.33. The summed E-state index contributed by atoms with van der Waals surface area (Å²) in [5.41, 5.74) is 1.41. The van der Waals surface area contributed by atoms with Crippen LogP contribution in [0.2, 0.25) is 0 Å². The average Bonchev–Trinajstić information content (AvgIpc) is 2.75. The summed E-state index contributed by atoms with van der Waals surface area (Å²) in [6, 6.07) is 13.4. The van der Waals surface area contributed by atoms with E-state index in [4.69, 9.17) is 5.26 Å². The topological polar surface area (TPSA) is 35.8 Å². The lowest BCUT2D eigenvalue weighted by molar-refractivity contribution is 0.413. The number of nitrogens with one attached hydrogen (secondary N) is 1. The summed E-state index contributed by atoms with van der Waals surface area (Å²) in [4.78, 5) is 0. The summed E-state index contributed by atoms with van der Waals surface area (Å²) in [6.45, 7) is 0.482. The van der Waals surface area contributed by atoms with Crippen molar-refractivity contribution in [2.45, 2.75) is 31.7 Å². The van der Waals surface area contributed by atoms with Crippen LogP contribution in [-0.4, -0.2) is 12.6 Å². The minimum Gasteiger partial charge on any atom is -0.301 e. The zero-order chi connectivity index (χ0) is 11.2. The molecule has 0 spiro atoms. The van der Waals surface area contributed by atoms with Crippen LogP contribution in [0.5, 0.6) is 0 Å². The van der Waals surface area contributed by atoms with Gasteiger partial charge in [0.15, 0.2) is 0 Å². The Morgan fingerprint density at radius 1 is 1.25 bits per heavy atom. The van der Waals surface area contributed by atoms with Gasteiger partial charge in [-0.1, -0.05) is 36.8 Å². The zero-order valence-electron chi connectivity index (χ0n) is 9.52. The molecule has 16 heavy (non-hydrogen) atoms. The number of benzene rings is 1. The molecule has 1 N–H and O–H groups in total. The smallest absolute Gasteiger partial charge is 0.0843 e. The molecular formula is C14H18N2. The fraction of sp³-hybridized carbons (Fsp3) is 0.500. The standard InChI is InChI=1S/C14H18N2/c15-9-10-16-14-8-4-7-13(14)11-12-5-2-1-3-6-12/h1-3,5-6,13-14,16H,4,7-8,10-11H2/t13-,14+/m0/s1. The van der Waals surface area contributed by atoms with Crippen molar-refractivity contribution in [1.82, 2.24) is 5.32 Å². The molecule has 84 valence electrons. The second-order valence-corrected chi connectivity index (χ2v) is 4.53. The largest absolute Gasteiger partial charge is 0.301 e. The molecular weight excluding hydrogens is 196 g/mol. The van der Waals surface area contributed by atoms with Gasteiger partial charge in [-0.05, 0) is 30.7 Å². The van der Waals surface area contributed by atoms with Crippen LogP contribution in [0.4, 0.5) is 0 Å². The first-order valence-electron chi connectivity index (χ1n) is 6.04. The SMILES string of the molecule is N#CCN[C@@H]1CCC[C@H]1Cc1ccccc1. The van der Waals surface area contributed by atoms with E-state index >= 15 is 0 Å². The number of hydrogen-bond donors (Lipinski definition) is 1. The summed E-state index contributed by atoms with van der Waals surface area (Å²) in [5.74, 6) is 0.704. The predicted octanol–water partition coefficient (Wildman–Crippen LogP) is 2.51. The van der Waals surface area contributed by atoms with Crippen LogP contribution in [0.1, 0.15) is 24.8 Å². The second-order valence-electron chi connectivity index (χ2n) is 4.53. The van der Waals surface area contributed by atoms with Crippen LogP contribution in [0.3, 0.4) is 0 Å². The second kappa shape index (κ2) is 5.67. The molecule has 1 aromatic rings. The van der Waals surface area contributed by atoms with Gasteiger partial charge >= 0.3 is 0 Å². The molecule has 1 aliphatic rings. The van der Waals surface area contributed by atoms with E-state index in [2.05, 4.69) is 41.7 Å². The van der Waals surface area contributed by atoms with E-state index in [1.54, 1.807) is 0 Å². The Morgan fingerprint density at radius 3 is 2.81 bits per heavy atom. The van der Waals surface area contributed by atoms with Gasteiger partial charge in [0.25, 0.3) is 0 Å². The lowest BCUT2D eigenvalue weighted by Gasteiger charge is -2.19. The molecule has 2 atom stereocenters. The monoisotopic (exact) mass is 214 g/mol. The Balaban J connectivity index is 1.91. The van der Waals surface area contributed by atoms with Crippen molar-refractivity contribution in [2.24, 2.45) is 5.92 Å². The van der Waals surface area contributed by atoms with E-state index in [0.717, 1.165) is 6.42 Å². The van der Waals surface area contributed by atoms with E-state index in [1.807, 2.05) is 0 Å². The van der Waals surface area contributed by atoms with E-state index in [0.29, 0.717) is 18.5 Å². The van der Waals surface area contributed by atoms with Crippen LogP contribution in [0, 0.1) is 17.2 Å². The maximum absolute atomic E-state index is 8.59. The summed E-state index contributed by atoms with van der Waals surface area (Å²) in [7, 11) is 0. The molecule has 2 rings (SSSR count). The third-order valence-electron chi connectivity index (χ3n) is 3.44. The maximum Gasteiger partial charge on any atom is 0.0843 e. The molecule has 0 aromatic heterocycles. The first-order valence-corrected chi connectivity index (χ1v) is 6.04. The van der Waals surface area contributed by atoms with Crippen LogP contribution in [0.25, 0.3) is 0 Å². The van der Waals surface area contributed by atoms with E-state index < -0.39 is 0 Å². The molecule has 0 bridgehead atoms. The van der Waals surface area contributed by atoms with Gasteiger partial charge in [-0.15, -0.1) is 0 Å². The molecule has 2 nitrogen and oxygen atoms in total. The van der Waals surface area contributed by atoms with Gasteiger partial charge < -0.3 is 5.32 Å². The summed E-state index contributed by atoms with van der Waals surface area (Å²) < 4.78 is 0. The van der Waals surface area contributed by atoms with Crippen molar-refractivity contribution >= 4 is 0 Å². The molecule has 1 aromatic carbocycles. The highest BCUT2D eigenvalue weighted by Crippen LogP contribution is 2.28. The van der Waals surface area contributed by atoms with Crippen LogP contribution in [-0.2, 0) is 6.42 Å². The van der Waals surface area contributed by atoms with Gasteiger partial charge in [-0.25, -0.2) is 0 Å². The molecule has 1 fully saturated rings. The van der Waals surface area contributed by atoms with Crippen molar-refractivity contribution in [3.63, 3.8) is 0 Å². The number of nitrogens with zero attached hydrogens (tertiary/aromatic N) is 1. The van der Waals surface area contributed by atoms with Crippen molar-refractivity contribution in [2.75, 3.05) is 6.54 Å². The van der Waals surface area contributed by atoms with Crippen molar-refractivity contribution in [1.29, 1.82) is 5.26 Å². The molecule has 0 saturated heterocycles. The van der Waals surface area contributed by atoms with Crippen LogP contribution >= 0.6 is 0 Å². The van der Waals surface area contributed by atoms with Crippen molar-refractivity contribution in [3.8, 4) is 6.07 Å². The average molecular weight is 214 g/mol. The van der Waals surface area contributed by atoms with Gasteiger partial charge in [0.2, 0.25) is 0 Å². The third-order valence-corrected chi connectivity index (χ3v) is 3.44. The maximum atomic E-state index is 8.59. The van der Waals surface area contributed by atoms with Gasteiger partial charge in [0, 0.05) is 6.04 Å². The minimum atomic E-state index is 0.482. The number of hydrogen-bond acceptors (Lipinski definition) is 2. The Hall–Kier alpha value is -1.33. The van der Waals surface area contributed by atoms with Crippen molar-refractivity contribution in [3.05, 3.63) is 35.9 Å². The molecule has 0 amide bonds. The van der Waals surface area contributed by atoms with Gasteiger partial charge in [-0.3, -0.25) is 0 Å². The molecule has 0 radical (unpaired) electrons. The highest BCUT2D eigenvalue weighted by Gasteiger charge is 2.26. The van der Waals surface area contributed by atoms with Gasteiger partial charge in [-0.2, -0.15) is 5.26 Å². The van der Waals surface area contributed by atoms with E-state index in [-0.39, 0.29) is 0 Å². The quantitative estimate of drug-likeness (QED) is 0.782. The molecule has 0 aliphatic heterocycles. The first-order chi connectivity index (χ1) is 7.90. The number of rotatable bonds is 4. The fourth-order valence-corrected chi connectivity index (χ4v) is 2.64. The molecule has 0 heterocycles. The van der Waals surface area contributed by atoms with E-state index in [9.17, 15) is 0 Å². The number of nitriles is 1. The Bertz CT molecular complexity index is 353. The zero-order valence-corrected chi connectivity index (χ0v) is 9.52. The minimum absolute atomic E-state index is 0.482. The van der Waals surface area contributed by atoms with Crippen molar-refractivity contribution < 1.29 is 0 Å². The highest BCUT2D eigenvalue weighted by molar-refractivity contribution is 5.16. The Labute approximate surface area is 97.3 Å². The first kappa shape index (κ1) is 11.2. The van der Waals surface area contributed by atoms with Crippen LogP contribution in [0.15, 0.2) is 30.3 Å². The van der Waals surface area contributed by atoms with Gasteiger partial charge in [0.1, 0.15) is 0 Å². The summed E-state index contributed by atoms with van der Waals surface area (Å²) in [5, 5.41) is 11.9. The summed E-state index contributed by atoms with van der Waals surface area (Å²) in [6.07, 6.45) is 4.95. The van der Waals surface area contributed by atoms with E-state index in [1.165, 1.54) is 24.8 Å². The predicted molar refractivity (Wildman–Crippen MR) is 64.9 cm³/mol. The fourth-order valence-electron chi connectivity index (χ4n) is 2.64. The molecule has 1 aliphatic carbocycles. The molecule has 2 heteroatoms.